The van der Waals surface area contributed by atoms with E-state index in [1.165, 1.54) is 5.57 Å². The number of fused-ring (bicyclic) bond motifs is 1. The number of anilines is 1. The fourth-order valence-electron chi connectivity index (χ4n) is 3.45. The van der Waals surface area contributed by atoms with Crippen molar-refractivity contribution in [3.63, 3.8) is 0 Å². The number of likely N-dealkylation sites (tertiary alicyclic amines) is 1. The van der Waals surface area contributed by atoms with E-state index in [4.69, 9.17) is 10.5 Å². The number of aliphatic imine (C=N–C) groups is 1. The Balaban J connectivity index is 1.46. The number of hydrogen-bond donors (Lipinski definition) is 1. The van der Waals surface area contributed by atoms with Gasteiger partial charge in [-0.25, -0.2) is 4.98 Å². The first kappa shape index (κ1) is 16.6. The van der Waals surface area contributed by atoms with Gasteiger partial charge in [-0.1, -0.05) is 6.07 Å². The van der Waals surface area contributed by atoms with Crippen LogP contribution in [0.1, 0.15) is 24.8 Å². The molecule has 0 bridgehead atoms. The fourth-order valence-corrected chi connectivity index (χ4v) is 3.45. The van der Waals surface area contributed by atoms with E-state index in [2.05, 4.69) is 16.0 Å². The lowest BCUT2D eigenvalue weighted by atomic mass is 10.0. The highest BCUT2D eigenvalue weighted by Gasteiger charge is 2.19. The van der Waals surface area contributed by atoms with Crippen LogP contribution in [0.5, 0.6) is 5.75 Å². The van der Waals surface area contributed by atoms with Gasteiger partial charge in [-0.3, -0.25) is 9.79 Å². The van der Waals surface area contributed by atoms with Gasteiger partial charge in [-0.15, -0.1) is 0 Å². The Morgan fingerprint density at radius 1 is 1.27 bits per heavy atom. The SMILES string of the molecule is Nc1cc(OCCCN2CCCC2=O)c2ccc(C3=CC=NC3)cc2n1. The number of allylic oxidation sites excluding steroid dienone is 1. The van der Waals surface area contributed by atoms with Crippen LogP contribution in [0.2, 0.25) is 0 Å². The Hall–Kier alpha value is -2.89. The average Bonchev–Trinajstić information content (AvgIpc) is 3.30. The molecule has 1 aromatic heterocycles. The summed E-state index contributed by atoms with van der Waals surface area (Å²) in [6.45, 7) is 2.86. The number of carbonyl (C=O) groups excluding carboxylic acids is 1. The van der Waals surface area contributed by atoms with E-state index in [1.54, 1.807) is 6.07 Å². The topological polar surface area (TPSA) is 80.8 Å². The molecule has 0 saturated carbocycles. The number of benzene rings is 1. The van der Waals surface area contributed by atoms with Crippen LogP contribution in [0.3, 0.4) is 0 Å². The summed E-state index contributed by atoms with van der Waals surface area (Å²) < 4.78 is 5.96. The Kier molecular flexibility index (Phi) is 4.56. The van der Waals surface area contributed by atoms with Crippen LogP contribution in [0.4, 0.5) is 5.82 Å². The normalized spacial score (nSPS) is 16.5. The van der Waals surface area contributed by atoms with Crippen LogP contribution in [0.25, 0.3) is 16.5 Å². The lowest BCUT2D eigenvalue weighted by Gasteiger charge is -2.16. The molecule has 6 heteroatoms. The van der Waals surface area contributed by atoms with E-state index in [0.29, 0.717) is 25.4 Å². The van der Waals surface area contributed by atoms with Gasteiger partial charge < -0.3 is 15.4 Å². The maximum atomic E-state index is 11.6. The summed E-state index contributed by atoms with van der Waals surface area (Å²) in [5.74, 6) is 1.43. The van der Waals surface area contributed by atoms with Gasteiger partial charge in [0.25, 0.3) is 0 Å². The molecule has 2 aromatic rings. The molecule has 1 fully saturated rings. The third-order valence-electron chi connectivity index (χ3n) is 4.81. The number of nitrogen functional groups attached to an aromatic ring is 1. The maximum absolute atomic E-state index is 11.6. The molecule has 0 radical (unpaired) electrons. The Morgan fingerprint density at radius 2 is 2.19 bits per heavy atom. The van der Waals surface area contributed by atoms with E-state index in [-0.39, 0.29) is 5.91 Å². The minimum Gasteiger partial charge on any atom is -0.493 e. The number of nitrogens with two attached hydrogens (primary N) is 1. The van der Waals surface area contributed by atoms with Gasteiger partial charge in [0.1, 0.15) is 11.6 Å². The van der Waals surface area contributed by atoms with Crippen LogP contribution >= 0.6 is 0 Å². The van der Waals surface area contributed by atoms with Crippen molar-refractivity contribution >= 4 is 34.4 Å². The van der Waals surface area contributed by atoms with Crippen LogP contribution < -0.4 is 10.5 Å². The molecule has 0 aliphatic carbocycles. The number of nitrogens with zero attached hydrogens (tertiary/aromatic N) is 3. The van der Waals surface area contributed by atoms with E-state index in [1.807, 2.05) is 29.3 Å². The molecule has 2 N–H and O–H groups in total. The summed E-state index contributed by atoms with van der Waals surface area (Å²) in [6, 6.07) is 7.88. The fraction of sp³-hybridized carbons (Fsp3) is 0.350. The summed E-state index contributed by atoms with van der Waals surface area (Å²) >= 11 is 0. The van der Waals surface area contributed by atoms with Crippen molar-refractivity contribution in [2.75, 3.05) is 32.0 Å². The Morgan fingerprint density at radius 3 is 2.96 bits per heavy atom. The lowest BCUT2D eigenvalue weighted by Crippen LogP contribution is -2.26. The molecule has 2 aliphatic heterocycles. The minimum atomic E-state index is 0.251. The molecule has 0 unspecified atom stereocenters. The van der Waals surface area contributed by atoms with Crippen molar-refractivity contribution in [3.05, 3.63) is 35.9 Å². The van der Waals surface area contributed by atoms with Crippen molar-refractivity contribution in [1.82, 2.24) is 9.88 Å². The molecule has 26 heavy (non-hydrogen) atoms. The number of aromatic nitrogens is 1. The lowest BCUT2D eigenvalue weighted by molar-refractivity contribution is -0.127. The zero-order valence-electron chi connectivity index (χ0n) is 14.6. The van der Waals surface area contributed by atoms with Crippen LogP contribution in [0, 0.1) is 0 Å². The highest BCUT2D eigenvalue weighted by molar-refractivity contribution is 5.94. The molecule has 0 atom stereocenters. The summed E-state index contributed by atoms with van der Waals surface area (Å²) in [4.78, 5) is 22.2. The second-order valence-electron chi connectivity index (χ2n) is 6.65. The van der Waals surface area contributed by atoms with Crippen molar-refractivity contribution in [1.29, 1.82) is 0 Å². The monoisotopic (exact) mass is 350 g/mol. The van der Waals surface area contributed by atoms with Crippen molar-refractivity contribution in [2.45, 2.75) is 19.3 Å². The molecule has 1 saturated heterocycles. The molecule has 134 valence electrons. The van der Waals surface area contributed by atoms with Crippen molar-refractivity contribution in [3.8, 4) is 5.75 Å². The zero-order chi connectivity index (χ0) is 17.9. The smallest absolute Gasteiger partial charge is 0.222 e. The predicted molar refractivity (Wildman–Crippen MR) is 103 cm³/mol. The maximum Gasteiger partial charge on any atom is 0.222 e. The third-order valence-corrected chi connectivity index (χ3v) is 4.81. The summed E-state index contributed by atoms with van der Waals surface area (Å²) in [6.07, 6.45) is 6.29. The highest BCUT2D eigenvalue weighted by Crippen LogP contribution is 2.30. The first-order valence-corrected chi connectivity index (χ1v) is 9.01. The second-order valence-corrected chi connectivity index (χ2v) is 6.65. The Labute approximate surface area is 152 Å². The van der Waals surface area contributed by atoms with E-state index < -0.39 is 0 Å². The molecule has 6 nitrogen and oxygen atoms in total. The number of amides is 1. The largest absolute Gasteiger partial charge is 0.493 e. The van der Waals surface area contributed by atoms with Gasteiger partial charge in [0.15, 0.2) is 0 Å². The first-order chi connectivity index (χ1) is 12.7. The highest BCUT2D eigenvalue weighted by atomic mass is 16.5. The molecule has 0 spiro atoms. The van der Waals surface area contributed by atoms with Crippen molar-refractivity contribution < 1.29 is 9.53 Å². The molecule has 2 aliphatic rings. The van der Waals surface area contributed by atoms with Crippen LogP contribution in [-0.2, 0) is 4.79 Å². The molecular weight excluding hydrogens is 328 g/mol. The second kappa shape index (κ2) is 7.15. The minimum absolute atomic E-state index is 0.251. The van der Waals surface area contributed by atoms with E-state index in [9.17, 15) is 4.79 Å². The number of ether oxygens (including phenoxy) is 1. The number of carbonyl (C=O) groups is 1. The van der Waals surface area contributed by atoms with Gasteiger partial charge in [0.2, 0.25) is 5.91 Å². The predicted octanol–water partition coefficient (Wildman–Crippen LogP) is 2.68. The molecule has 1 amide bonds. The van der Waals surface area contributed by atoms with E-state index >= 15 is 0 Å². The third kappa shape index (κ3) is 3.40. The van der Waals surface area contributed by atoms with Gasteiger partial charge in [-0.2, -0.15) is 0 Å². The molecule has 1 aromatic carbocycles. The quantitative estimate of drug-likeness (QED) is 0.812. The van der Waals surface area contributed by atoms with Gasteiger partial charge in [0.05, 0.1) is 18.7 Å². The van der Waals surface area contributed by atoms with Gasteiger partial charge in [0, 0.05) is 37.2 Å². The van der Waals surface area contributed by atoms with Crippen molar-refractivity contribution in [2.24, 2.45) is 4.99 Å². The average molecular weight is 350 g/mol. The van der Waals surface area contributed by atoms with Crippen LogP contribution in [0.15, 0.2) is 35.3 Å². The van der Waals surface area contributed by atoms with Crippen LogP contribution in [-0.4, -0.2) is 48.2 Å². The van der Waals surface area contributed by atoms with E-state index in [0.717, 1.165) is 48.1 Å². The Bertz CT molecular complexity index is 904. The number of rotatable bonds is 6. The zero-order valence-corrected chi connectivity index (χ0v) is 14.6. The summed E-state index contributed by atoms with van der Waals surface area (Å²) in [5.41, 5.74) is 9.06. The van der Waals surface area contributed by atoms with Gasteiger partial charge in [-0.05, 0) is 42.2 Å². The first-order valence-electron chi connectivity index (χ1n) is 9.01. The number of hydrogen-bond acceptors (Lipinski definition) is 5. The summed E-state index contributed by atoms with van der Waals surface area (Å²) in [5, 5.41) is 0.944. The molecular formula is C20H22N4O2. The summed E-state index contributed by atoms with van der Waals surface area (Å²) in [7, 11) is 0. The number of pyridine rings is 1. The molecule has 4 rings (SSSR count). The van der Waals surface area contributed by atoms with Gasteiger partial charge >= 0.3 is 0 Å². The molecule has 3 heterocycles. The standard InChI is InChI=1S/C20H22N4O2/c21-19-12-18(26-10-2-9-24-8-1-3-20(24)25)16-5-4-14(11-17(16)23-19)15-6-7-22-13-15/h4-7,11-12H,1-3,8-10,13H2,(H2,21,23).